The first-order valence-electron chi connectivity index (χ1n) is 6.07. The molecule has 1 unspecified atom stereocenters. The molecule has 0 fully saturated rings. The summed E-state index contributed by atoms with van der Waals surface area (Å²) in [4.78, 5) is 34.0. The molecule has 2 N–H and O–H groups in total. The Kier molecular flexibility index (Phi) is 3.88. The minimum atomic E-state index is -0.997. The second-order valence-corrected chi connectivity index (χ2v) is 4.49. The third kappa shape index (κ3) is 3.05. The zero-order chi connectivity index (χ0) is 14.7. The van der Waals surface area contributed by atoms with Gasteiger partial charge in [-0.3, -0.25) is 14.2 Å². The van der Waals surface area contributed by atoms with Gasteiger partial charge in [0.1, 0.15) is 6.54 Å². The van der Waals surface area contributed by atoms with Crippen molar-refractivity contribution in [2.24, 2.45) is 0 Å². The van der Waals surface area contributed by atoms with Gasteiger partial charge in [-0.15, -0.1) is 0 Å². The van der Waals surface area contributed by atoms with Crippen LogP contribution in [0.1, 0.15) is 13.3 Å². The molecule has 106 valence electrons. The lowest BCUT2D eigenvalue weighted by atomic mass is 10.2. The van der Waals surface area contributed by atoms with Crippen LogP contribution in [0.15, 0.2) is 33.5 Å². The number of oxazole rings is 1. The highest BCUT2D eigenvalue weighted by Gasteiger charge is 2.15. The average molecular weight is 278 g/mol. The number of para-hydroxylation sites is 2. The number of carbonyl (C=O) groups is 2. The molecule has 1 aromatic heterocycles. The van der Waals surface area contributed by atoms with E-state index in [1.165, 1.54) is 4.57 Å². The van der Waals surface area contributed by atoms with Crippen molar-refractivity contribution in [2.75, 3.05) is 0 Å². The molecule has 0 aliphatic rings. The molecule has 20 heavy (non-hydrogen) atoms. The van der Waals surface area contributed by atoms with Gasteiger partial charge in [0, 0.05) is 6.04 Å². The number of amides is 1. The molecule has 1 amide bonds. The van der Waals surface area contributed by atoms with Gasteiger partial charge in [-0.05, 0) is 19.1 Å². The van der Waals surface area contributed by atoms with E-state index in [-0.39, 0.29) is 13.0 Å². The zero-order valence-electron chi connectivity index (χ0n) is 10.8. The van der Waals surface area contributed by atoms with E-state index in [0.29, 0.717) is 11.1 Å². The maximum atomic E-state index is 11.8. The number of carbonyl (C=O) groups excluding carboxylic acids is 1. The molecule has 7 nitrogen and oxygen atoms in total. The van der Waals surface area contributed by atoms with E-state index < -0.39 is 23.7 Å². The highest BCUT2D eigenvalue weighted by Crippen LogP contribution is 2.11. The second kappa shape index (κ2) is 5.60. The van der Waals surface area contributed by atoms with Crippen LogP contribution in [0.4, 0.5) is 0 Å². The number of rotatable bonds is 5. The molecule has 1 atom stereocenters. The number of carboxylic acids is 1. The van der Waals surface area contributed by atoms with Crippen LogP contribution in [0.3, 0.4) is 0 Å². The summed E-state index contributed by atoms with van der Waals surface area (Å²) in [7, 11) is 0. The Morgan fingerprint density at radius 2 is 2.10 bits per heavy atom. The van der Waals surface area contributed by atoms with Gasteiger partial charge in [0.05, 0.1) is 11.9 Å². The monoisotopic (exact) mass is 278 g/mol. The third-order valence-corrected chi connectivity index (χ3v) is 2.76. The van der Waals surface area contributed by atoms with E-state index in [4.69, 9.17) is 9.52 Å². The summed E-state index contributed by atoms with van der Waals surface area (Å²) in [5.41, 5.74) is 0.933. The van der Waals surface area contributed by atoms with Crippen molar-refractivity contribution in [3.63, 3.8) is 0 Å². The predicted octanol–water partition coefficient (Wildman–Crippen LogP) is 0.574. The second-order valence-electron chi connectivity index (χ2n) is 4.49. The van der Waals surface area contributed by atoms with Gasteiger partial charge in [-0.25, -0.2) is 4.79 Å². The topological polar surface area (TPSA) is 102 Å². The van der Waals surface area contributed by atoms with Gasteiger partial charge < -0.3 is 14.8 Å². The average Bonchev–Trinajstić information content (AvgIpc) is 2.65. The first kappa shape index (κ1) is 13.9. The van der Waals surface area contributed by atoms with Gasteiger partial charge >= 0.3 is 11.7 Å². The Balaban J connectivity index is 2.12. The van der Waals surface area contributed by atoms with E-state index in [9.17, 15) is 14.4 Å². The lowest BCUT2D eigenvalue weighted by molar-refractivity contribution is -0.137. The van der Waals surface area contributed by atoms with Crippen LogP contribution in [-0.2, 0) is 16.1 Å². The fraction of sp³-hybridized carbons (Fsp3) is 0.308. The Morgan fingerprint density at radius 1 is 1.40 bits per heavy atom. The first-order chi connectivity index (χ1) is 9.47. The zero-order valence-corrected chi connectivity index (χ0v) is 10.8. The number of fused-ring (bicyclic) bond motifs is 1. The highest BCUT2D eigenvalue weighted by atomic mass is 16.4. The van der Waals surface area contributed by atoms with E-state index in [0.717, 1.165) is 0 Å². The minimum absolute atomic E-state index is 0.174. The molecule has 0 aliphatic carbocycles. The van der Waals surface area contributed by atoms with Crippen molar-refractivity contribution < 1.29 is 19.1 Å². The standard InChI is InChI=1S/C13H14N2O5/c1-8(6-12(17)18)14-11(16)7-15-9-4-2-3-5-10(9)20-13(15)19/h2-5,8H,6-7H2,1H3,(H,14,16)(H,17,18). The Hall–Kier alpha value is -2.57. The number of hydrogen-bond donors (Lipinski definition) is 2. The van der Waals surface area contributed by atoms with Crippen molar-refractivity contribution in [1.82, 2.24) is 9.88 Å². The normalized spacial score (nSPS) is 12.2. The van der Waals surface area contributed by atoms with Crippen LogP contribution in [-0.4, -0.2) is 27.6 Å². The Labute approximate surface area is 113 Å². The van der Waals surface area contributed by atoms with Crippen LogP contribution < -0.4 is 11.1 Å². The smallest absolute Gasteiger partial charge is 0.420 e. The van der Waals surface area contributed by atoms with E-state index in [1.807, 2.05) is 0 Å². The van der Waals surface area contributed by atoms with Gasteiger partial charge in [-0.1, -0.05) is 12.1 Å². The quantitative estimate of drug-likeness (QED) is 0.832. The Morgan fingerprint density at radius 3 is 2.80 bits per heavy atom. The number of nitrogens with one attached hydrogen (secondary N) is 1. The molecule has 0 spiro atoms. The first-order valence-corrected chi connectivity index (χ1v) is 6.07. The molecule has 7 heteroatoms. The number of aromatic nitrogens is 1. The van der Waals surface area contributed by atoms with Crippen molar-refractivity contribution in [2.45, 2.75) is 25.9 Å². The summed E-state index contributed by atoms with van der Waals surface area (Å²) in [5.74, 6) is -2.05. The fourth-order valence-corrected chi connectivity index (χ4v) is 1.94. The Bertz CT molecular complexity index is 700. The van der Waals surface area contributed by atoms with Crippen molar-refractivity contribution in [3.8, 4) is 0 Å². The largest absolute Gasteiger partial charge is 0.481 e. The van der Waals surface area contributed by atoms with Gasteiger partial charge in [0.15, 0.2) is 5.58 Å². The molecular weight excluding hydrogens is 264 g/mol. The van der Waals surface area contributed by atoms with Crippen LogP contribution in [0.25, 0.3) is 11.1 Å². The summed E-state index contributed by atoms with van der Waals surface area (Å²) in [6, 6.07) is 6.27. The van der Waals surface area contributed by atoms with Crippen LogP contribution in [0.2, 0.25) is 0 Å². The van der Waals surface area contributed by atoms with Crippen LogP contribution in [0.5, 0.6) is 0 Å². The molecule has 1 heterocycles. The molecule has 0 saturated heterocycles. The molecule has 2 rings (SSSR count). The number of nitrogens with zero attached hydrogens (tertiary/aromatic N) is 1. The number of hydrogen-bond acceptors (Lipinski definition) is 4. The van der Waals surface area contributed by atoms with Crippen LogP contribution in [0, 0.1) is 0 Å². The van der Waals surface area contributed by atoms with Crippen LogP contribution >= 0.6 is 0 Å². The third-order valence-electron chi connectivity index (χ3n) is 2.76. The molecule has 0 bridgehead atoms. The van der Waals surface area contributed by atoms with E-state index in [1.54, 1.807) is 31.2 Å². The van der Waals surface area contributed by atoms with Gasteiger partial charge in [0.25, 0.3) is 0 Å². The molecule has 0 radical (unpaired) electrons. The summed E-state index contributed by atoms with van der Waals surface area (Å²) < 4.78 is 6.21. The van der Waals surface area contributed by atoms with E-state index >= 15 is 0 Å². The summed E-state index contributed by atoms with van der Waals surface area (Å²) in [5, 5.41) is 11.1. The maximum absolute atomic E-state index is 11.8. The summed E-state index contributed by atoms with van der Waals surface area (Å²) in [6.45, 7) is 1.38. The summed E-state index contributed by atoms with van der Waals surface area (Å²) >= 11 is 0. The molecule has 1 aromatic carbocycles. The molecule has 0 saturated carbocycles. The molecule has 2 aromatic rings. The SMILES string of the molecule is CC(CC(=O)O)NC(=O)Cn1c(=O)oc2ccccc21. The van der Waals surface area contributed by atoms with Crippen molar-refractivity contribution in [3.05, 3.63) is 34.8 Å². The lowest BCUT2D eigenvalue weighted by Gasteiger charge is -2.11. The molecule has 0 aliphatic heterocycles. The van der Waals surface area contributed by atoms with E-state index in [2.05, 4.69) is 5.32 Å². The van der Waals surface area contributed by atoms with Gasteiger partial charge in [-0.2, -0.15) is 0 Å². The number of aliphatic carboxylic acids is 1. The van der Waals surface area contributed by atoms with Crippen molar-refractivity contribution in [1.29, 1.82) is 0 Å². The predicted molar refractivity (Wildman–Crippen MR) is 70.3 cm³/mol. The highest BCUT2D eigenvalue weighted by molar-refractivity contribution is 5.80. The van der Waals surface area contributed by atoms with Gasteiger partial charge in [0.2, 0.25) is 5.91 Å². The number of carboxylic acid groups (broad SMARTS) is 1. The van der Waals surface area contributed by atoms with Crippen molar-refractivity contribution >= 4 is 23.0 Å². The maximum Gasteiger partial charge on any atom is 0.420 e. The minimum Gasteiger partial charge on any atom is -0.481 e. The fourth-order valence-electron chi connectivity index (χ4n) is 1.94. The molecular formula is C13H14N2O5. The number of benzene rings is 1. The lowest BCUT2D eigenvalue weighted by Crippen LogP contribution is -2.37. The summed E-state index contributed by atoms with van der Waals surface area (Å²) in [6.07, 6.45) is -0.174.